The molecule has 0 radical (unpaired) electrons. The van der Waals surface area contributed by atoms with E-state index in [1.807, 2.05) is 13.1 Å². The molecule has 1 N–H and O–H groups in total. The third-order valence-corrected chi connectivity index (χ3v) is 6.09. The fourth-order valence-electron chi connectivity index (χ4n) is 4.36. The maximum Gasteiger partial charge on any atom is 0.193 e. The Morgan fingerprint density at radius 3 is 2.48 bits per heavy atom. The van der Waals surface area contributed by atoms with Gasteiger partial charge in [-0.05, 0) is 41.8 Å². The van der Waals surface area contributed by atoms with Crippen molar-refractivity contribution >= 4 is 11.6 Å². The van der Waals surface area contributed by atoms with E-state index in [1.54, 1.807) is 14.2 Å². The maximum atomic E-state index is 5.45. The zero-order valence-corrected chi connectivity index (χ0v) is 18.7. The number of nitrogens with one attached hydrogen (secondary N) is 1. The van der Waals surface area contributed by atoms with Crippen LogP contribution in [0.5, 0.6) is 11.5 Å². The summed E-state index contributed by atoms with van der Waals surface area (Å²) in [6, 6.07) is 14.9. The van der Waals surface area contributed by atoms with Gasteiger partial charge in [0.15, 0.2) is 5.96 Å². The highest BCUT2D eigenvalue weighted by molar-refractivity contribution is 5.80. The van der Waals surface area contributed by atoms with Crippen molar-refractivity contribution < 1.29 is 9.47 Å². The van der Waals surface area contributed by atoms with Crippen LogP contribution in [-0.2, 0) is 6.54 Å². The highest BCUT2D eigenvalue weighted by Gasteiger charge is 2.27. The van der Waals surface area contributed by atoms with E-state index >= 15 is 0 Å². The Balaban J connectivity index is 1.38. The smallest absolute Gasteiger partial charge is 0.193 e. The summed E-state index contributed by atoms with van der Waals surface area (Å²) in [4.78, 5) is 9.25. The fourth-order valence-corrected chi connectivity index (χ4v) is 4.36. The summed E-state index contributed by atoms with van der Waals surface area (Å²) >= 11 is 0. The van der Waals surface area contributed by atoms with Crippen LogP contribution in [0.4, 0.5) is 5.69 Å². The average Bonchev–Trinajstić information content (AvgIpc) is 3.52. The van der Waals surface area contributed by atoms with E-state index in [-0.39, 0.29) is 0 Å². The summed E-state index contributed by atoms with van der Waals surface area (Å²) in [5, 5.41) is 3.55. The van der Waals surface area contributed by atoms with Crippen LogP contribution in [0.3, 0.4) is 0 Å². The fraction of sp³-hybridized carbons (Fsp3) is 0.400. The van der Waals surface area contributed by atoms with Crippen molar-refractivity contribution in [3.63, 3.8) is 0 Å². The van der Waals surface area contributed by atoms with Crippen LogP contribution < -0.4 is 19.7 Å². The summed E-state index contributed by atoms with van der Waals surface area (Å²) in [6.07, 6.45) is 5.51. The lowest BCUT2D eigenvalue weighted by atomic mass is 9.98. The van der Waals surface area contributed by atoms with Crippen LogP contribution in [0.25, 0.3) is 0 Å². The Kier molecular flexibility index (Phi) is 6.65. The number of methoxy groups -OCH3 is 2. The van der Waals surface area contributed by atoms with Gasteiger partial charge in [0.25, 0.3) is 0 Å². The highest BCUT2D eigenvalue weighted by Crippen LogP contribution is 2.33. The minimum atomic E-state index is 0.425. The number of aliphatic imine (C=N–C) groups is 1. The molecule has 0 amide bonds. The molecule has 31 heavy (non-hydrogen) atoms. The molecule has 1 atom stereocenters. The molecule has 0 spiro atoms. The lowest BCUT2D eigenvalue weighted by Crippen LogP contribution is -2.39. The van der Waals surface area contributed by atoms with E-state index in [2.05, 4.69) is 68.7 Å². The highest BCUT2D eigenvalue weighted by atomic mass is 16.5. The Morgan fingerprint density at radius 2 is 1.81 bits per heavy atom. The normalized spacial score (nSPS) is 18.5. The van der Waals surface area contributed by atoms with Crippen LogP contribution in [-0.4, -0.2) is 58.3 Å². The molecule has 0 saturated carbocycles. The predicted molar refractivity (Wildman–Crippen MR) is 126 cm³/mol. The molecule has 1 fully saturated rings. The van der Waals surface area contributed by atoms with E-state index in [4.69, 9.17) is 9.47 Å². The second kappa shape index (κ2) is 9.77. The molecule has 2 aliphatic rings. The lowest BCUT2D eigenvalue weighted by molar-refractivity contribution is 0.392. The van der Waals surface area contributed by atoms with E-state index in [0.29, 0.717) is 5.92 Å². The summed E-state index contributed by atoms with van der Waals surface area (Å²) in [5.74, 6) is 3.05. The monoisotopic (exact) mass is 420 g/mol. The van der Waals surface area contributed by atoms with Gasteiger partial charge in [-0.15, -0.1) is 0 Å². The molecule has 0 bridgehead atoms. The van der Waals surface area contributed by atoms with Gasteiger partial charge in [0.1, 0.15) is 11.5 Å². The standard InChI is InChI=1S/C25H32N4O2/c1-26-25(27-17-19-7-6-8-22(13-19)28-10-4-5-11-28)29-12-9-20(18-29)21-14-23(30-2)16-24(15-21)31-3/h4-8,13-16,20H,9-12,17-18H2,1-3H3,(H,26,27). The predicted octanol–water partition coefficient (Wildman–Crippen LogP) is 3.64. The van der Waals surface area contributed by atoms with Crippen molar-refractivity contribution in [1.29, 1.82) is 0 Å². The van der Waals surface area contributed by atoms with Crippen molar-refractivity contribution in [3.8, 4) is 11.5 Å². The zero-order chi connectivity index (χ0) is 21.6. The van der Waals surface area contributed by atoms with Crippen molar-refractivity contribution in [2.75, 3.05) is 52.3 Å². The summed E-state index contributed by atoms with van der Waals surface area (Å²) in [5.41, 5.74) is 3.78. The van der Waals surface area contributed by atoms with Crippen LogP contribution in [0, 0.1) is 0 Å². The SMILES string of the molecule is CN=C(NCc1cccc(N2CC=CC2)c1)N1CCC(c2cc(OC)cc(OC)c2)C1. The molecule has 6 nitrogen and oxygen atoms in total. The van der Waals surface area contributed by atoms with Crippen molar-refractivity contribution in [2.24, 2.45) is 4.99 Å². The largest absolute Gasteiger partial charge is 0.497 e. The van der Waals surface area contributed by atoms with Gasteiger partial charge in [-0.3, -0.25) is 4.99 Å². The van der Waals surface area contributed by atoms with E-state index < -0.39 is 0 Å². The first kappa shape index (κ1) is 21.1. The lowest BCUT2D eigenvalue weighted by Gasteiger charge is -2.23. The molecular formula is C25H32N4O2. The van der Waals surface area contributed by atoms with Gasteiger partial charge >= 0.3 is 0 Å². The second-order valence-electron chi connectivity index (χ2n) is 8.02. The number of anilines is 1. The first-order chi connectivity index (χ1) is 15.2. The molecule has 2 heterocycles. The minimum absolute atomic E-state index is 0.425. The third kappa shape index (κ3) is 4.95. The Hall–Kier alpha value is -3.15. The number of nitrogens with zero attached hydrogens (tertiary/aromatic N) is 3. The van der Waals surface area contributed by atoms with E-state index in [1.165, 1.54) is 16.8 Å². The van der Waals surface area contributed by atoms with Gasteiger partial charge in [-0.1, -0.05) is 24.3 Å². The average molecular weight is 421 g/mol. The number of likely N-dealkylation sites (tertiary alicyclic amines) is 1. The van der Waals surface area contributed by atoms with Crippen LogP contribution in [0.15, 0.2) is 59.6 Å². The van der Waals surface area contributed by atoms with Gasteiger partial charge in [0, 0.05) is 57.4 Å². The summed E-state index contributed by atoms with van der Waals surface area (Å²) in [6.45, 7) is 4.64. The second-order valence-corrected chi connectivity index (χ2v) is 8.02. The van der Waals surface area contributed by atoms with Crippen molar-refractivity contribution in [1.82, 2.24) is 10.2 Å². The number of hydrogen-bond acceptors (Lipinski definition) is 4. The van der Waals surface area contributed by atoms with Crippen LogP contribution in [0.1, 0.15) is 23.5 Å². The zero-order valence-electron chi connectivity index (χ0n) is 18.7. The van der Waals surface area contributed by atoms with Gasteiger partial charge in [0.05, 0.1) is 14.2 Å². The van der Waals surface area contributed by atoms with Gasteiger partial charge < -0.3 is 24.6 Å². The molecule has 0 aliphatic carbocycles. The van der Waals surface area contributed by atoms with Crippen molar-refractivity contribution in [3.05, 3.63) is 65.7 Å². The number of benzene rings is 2. The first-order valence-electron chi connectivity index (χ1n) is 10.9. The Bertz CT molecular complexity index is 926. The minimum Gasteiger partial charge on any atom is -0.497 e. The summed E-state index contributed by atoms with van der Waals surface area (Å²) < 4.78 is 10.9. The molecule has 1 unspecified atom stereocenters. The topological polar surface area (TPSA) is 49.3 Å². The molecule has 2 aromatic carbocycles. The van der Waals surface area contributed by atoms with Gasteiger partial charge in [-0.25, -0.2) is 0 Å². The van der Waals surface area contributed by atoms with Crippen LogP contribution in [0.2, 0.25) is 0 Å². The molecule has 0 aromatic heterocycles. The van der Waals surface area contributed by atoms with Gasteiger partial charge in [-0.2, -0.15) is 0 Å². The maximum absolute atomic E-state index is 5.45. The molecule has 2 aliphatic heterocycles. The molecule has 164 valence electrons. The van der Waals surface area contributed by atoms with Gasteiger partial charge in [0.2, 0.25) is 0 Å². The van der Waals surface area contributed by atoms with Crippen molar-refractivity contribution in [2.45, 2.75) is 18.9 Å². The number of rotatable bonds is 6. The Morgan fingerprint density at radius 1 is 1.06 bits per heavy atom. The number of hydrogen-bond donors (Lipinski definition) is 1. The summed E-state index contributed by atoms with van der Waals surface area (Å²) in [7, 11) is 5.25. The Labute approximate surface area is 185 Å². The first-order valence-corrected chi connectivity index (χ1v) is 10.9. The van der Waals surface area contributed by atoms with Crippen LogP contribution >= 0.6 is 0 Å². The quantitative estimate of drug-likeness (QED) is 0.439. The molecule has 1 saturated heterocycles. The van der Waals surface area contributed by atoms with E-state index in [9.17, 15) is 0 Å². The molecule has 6 heteroatoms. The van der Waals surface area contributed by atoms with E-state index in [0.717, 1.165) is 56.6 Å². The third-order valence-electron chi connectivity index (χ3n) is 6.09. The number of ether oxygens (including phenoxy) is 2. The number of guanidine groups is 1. The molecular weight excluding hydrogens is 388 g/mol. The molecule has 4 rings (SSSR count). The molecule has 2 aromatic rings.